The second-order valence-electron chi connectivity index (χ2n) is 6.67. The number of hydrogen-bond acceptors (Lipinski definition) is 2. The minimum Gasteiger partial charge on any atom is -0.339 e. The number of fused-ring (bicyclic) bond motifs is 1. The van der Waals surface area contributed by atoms with Gasteiger partial charge in [0.1, 0.15) is 0 Å². The van der Waals surface area contributed by atoms with Gasteiger partial charge in [0.25, 0.3) is 0 Å². The first kappa shape index (κ1) is 14.6. The minimum absolute atomic E-state index is 0.0355. The lowest BCUT2D eigenvalue weighted by molar-refractivity contribution is -0.128. The van der Waals surface area contributed by atoms with E-state index < -0.39 is 11.6 Å². The Kier molecular flexibility index (Phi) is 3.36. The van der Waals surface area contributed by atoms with Crippen molar-refractivity contribution in [1.29, 1.82) is 0 Å². The lowest BCUT2D eigenvalue weighted by Gasteiger charge is -2.31. The van der Waals surface area contributed by atoms with Gasteiger partial charge in [0, 0.05) is 37.3 Å². The van der Waals surface area contributed by atoms with Crippen molar-refractivity contribution in [3.8, 4) is 0 Å². The highest BCUT2D eigenvalue weighted by Gasteiger charge is 2.43. The fourth-order valence-corrected chi connectivity index (χ4v) is 3.66. The SMILES string of the molecule is O=C(C1CC(=O)N(C2CC2)C1)N1CCCc2cc(F)c(F)cc21. The summed E-state index contributed by atoms with van der Waals surface area (Å²) < 4.78 is 27.0. The van der Waals surface area contributed by atoms with Crippen LogP contribution in [-0.2, 0) is 16.0 Å². The van der Waals surface area contributed by atoms with Crippen LogP contribution in [0, 0.1) is 17.6 Å². The lowest BCUT2D eigenvalue weighted by atomic mass is 9.98. The molecule has 1 unspecified atom stereocenters. The summed E-state index contributed by atoms with van der Waals surface area (Å²) in [5.74, 6) is -2.30. The first-order valence-corrected chi connectivity index (χ1v) is 8.13. The zero-order chi connectivity index (χ0) is 16.1. The Hall–Kier alpha value is -1.98. The molecule has 3 aliphatic rings. The van der Waals surface area contributed by atoms with Crippen molar-refractivity contribution in [2.24, 2.45) is 5.92 Å². The summed E-state index contributed by atoms with van der Waals surface area (Å²) in [7, 11) is 0. The molecule has 0 bridgehead atoms. The Morgan fingerprint density at radius 3 is 2.65 bits per heavy atom. The van der Waals surface area contributed by atoms with E-state index in [4.69, 9.17) is 0 Å². The van der Waals surface area contributed by atoms with Crippen LogP contribution in [0.4, 0.5) is 14.5 Å². The van der Waals surface area contributed by atoms with Crippen molar-refractivity contribution in [2.75, 3.05) is 18.0 Å². The summed E-state index contributed by atoms with van der Waals surface area (Å²) in [6.07, 6.45) is 3.61. The molecule has 1 aliphatic carbocycles. The molecule has 6 heteroatoms. The quantitative estimate of drug-likeness (QED) is 0.839. The number of likely N-dealkylation sites (tertiary alicyclic amines) is 1. The number of benzene rings is 1. The van der Waals surface area contributed by atoms with Crippen LogP contribution in [0.1, 0.15) is 31.2 Å². The standard InChI is InChI=1S/C17H18F2N2O2/c18-13-6-10-2-1-5-20(15(10)8-14(13)19)17(23)11-7-16(22)21(9-11)12-3-4-12/h6,8,11-12H,1-5,7,9H2. The molecule has 23 heavy (non-hydrogen) atoms. The van der Waals surface area contributed by atoms with Crippen molar-refractivity contribution in [1.82, 2.24) is 4.90 Å². The predicted molar refractivity (Wildman–Crippen MR) is 79.9 cm³/mol. The molecule has 2 heterocycles. The number of hydrogen-bond donors (Lipinski definition) is 0. The van der Waals surface area contributed by atoms with Crippen LogP contribution in [0.25, 0.3) is 0 Å². The molecule has 0 aromatic heterocycles. The molecule has 4 nitrogen and oxygen atoms in total. The van der Waals surface area contributed by atoms with Crippen LogP contribution in [0.3, 0.4) is 0 Å². The maximum Gasteiger partial charge on any atom is 0.232 e. The summed E-state index contributed by atoms with van der Waals surface area (Å²) in [5, 5.41) is 0. The van der Waals surface area contributed by atoms with Gasteiger partial charge in [-0.3, -0.25) is 9.59 Å². The number of amides is 2. The highest BCUT2D eigenvalue weighted by atomic mass is 19.2. The Bertz CT molecular complexity index is 687. The summed E-state index contributed by atoms with van der Waals surface area (Å²) in [6, 6.07) is 2.60. The number of halogens is 2. The first-order chi connectivity index (χ1) is 11.0. The average molecular weight is 320 g/mol. The van der Waals surface area contributed by atoms with Crippen LogP contribution in [0.2, 0.25) is 0 Å². The third-order valence-corrected chi connectivity index (χ3v) is 5.00. The van der Waals surface area contributed by atoms with Crippen LogP contribution in [-0.4, -0.2) is 35.8 Å². The zero-order valence-corrected chi connectivity index (χ0v) is 12.7. The summed E-state index contributed by atoms with van der Waals surface area (Å²) >= 11 is 0. The maximum absolute atomic E-state index is 13.6. The van der Waals surface area contributed by atoms with Crippen LogP contribution in [0.15, 0.2) is 12.1 Å². The van der Waals surface area contributed by atoms with Gasteiger partial charge >= 0.3 is 0 Å². The molecular weight excluding hydrogens is 302 g/mol. The lowest BCUT2D eigenvalue weighted by Crippen LogP contribution is -2.41. The fourth-order valence-electron chi connectivity index (χ4n) is 3.66. The Morgan fingerprint density at radius 1 is 1.17 bits per heavy atom. The van der Waals surface area contributed by atoms with Crippen molar-refractivity contribution >= 4 is 17.5 Å². The van der Waals surface area contributed by atoms with Gasteiger partial charge in [0.2, 0.25) is 11.8 Å². The Morgan fingerprint density at radius 2 is 1.91 bits per heavy atom. The molecule has 0 N–H and O–H groups in total. The maximum atomic E-state index is 13.6. The van der Waals surface area contributed by atoms with E-state index in [1.165, 1.54) is 11.0 Å². The van der Waals surface area contributed by atoms with Crippen molar-refractivity contribution in [3.05, 3.63) is 29.3 Å². The number of anilines is 1. The fraction of sp³-hybridized carbons (Fsp3) is 0.529. The highest BCUT2D eigenvalue weighted by Crippen LogP contribution is 2.35. The number of rotatable bonds is 2. The van der Waals surface area contributed by atoms with Gasteiger partial charge in [-0.1, -0.05) is 0 Å². The molecule has 4 rings (SSSR count). The number of carbonyl (C=O) groups excluding carboxylic acids is 2. The van der Waals surface area contributed by atoms with E-state index >= 15 is 0 Å². The molecule has 1 saturated heterocycles. The van der Waals surface area contributed by atoms with Gasteiger partial charge in [-0.25, -0.2) is 8.78 Å². The van der Waals surface area contributed by atoms with Gasteiger partial charge < -0.3 is 9.80 Å². The van der Waals surface area contributed by atoms with Crippen LogP contribution < -0.4 is 4.90 Å². The van der Waals surface area contributed by atoms with Gasteiger partial charge in [0.15, 0.2) is 11.6 Å². The van der Waals surface area contributed by atoms with Gasteiger partial charge in [-0.05, 0) is 37.3 Å². The number of aryl methyl sites for hydroxylation is 1. The summed E-state index contributed by atoms with van der Waals surface area (Å²) in [6.45, 7) is 0.947. The molecule has 0 radical (unpaired) electrons. The molecule has 2 amide bonds. The first-order valence-electron chi connectivity index (χ1n) is 8.13. The largest absolute Gasteiger partial charge is 0.339 e. The average Bonchev–Trinajstić information content (AvgIpc) is 3.30. The van der Waals surface area contributed by atoms with E-state index in [2.05, 4.69) is 0 Å². The van der Waals surface area contributed by atoms with E-state index in [1.807, 2.05) is 0 Å². The zero-order valence-electron chi connectivity index (χ0n) is 12.7. The number of nitrogens with zero attached hydrogens (tertiary/aromatic N) is 2. The molecule has 2 fully saturated rings. The van der Waals surface area contributed by atoms with Gasteiger partial charge in [-0.2, -0.15) is 0 Å². The second-order valence-corrected chi connectivity index (χ2v) is 6.67. The monoisotopic (exact) mass is 320 g/mol. The molecule has 1 aromatic rings. The second kappa shape index (κ2) is 5.28. The molecular formula is C17H18F2N2O2. The third kappa shape index (κ3) is 2.50. The molecule has 1 saturated carbocycles. The molecule has 122 valence electrons. The van der Waals surface area contributed by atoms with E-state index in [0.29, 0.717) is 36.8 Å². The normalized spacial score (nSPS) is 24.1. The van der Waals surface area contributed by atoms with E-state index in [0.717, 1.165) is 25.3 Å². The van der Waals surface area contributed by atoms with Crippen molar-refractivity contribution < 1.29 is 18.4 Å². The van der Waals surface area contributed by atoms with Crippen molar-refractivity contribution in [3.63, 3.8) is 0 Å². The van der Waals surface area contributed by atoms with Crippen molar-refractivity contribution in [2.45, 2.75) is 38.1 Å². The molecule has 0 spiro atoms. The Labute approximate surface area is 133 Å². The van der Waals surface area contributed by atoms with Gasteiger partial charge in [0.05, 0.1) is 5.92 Å². The third-order valence-electron chi connectivity index (χ3n) is 5.00. The van der Waals surface area contributed by atoms with Gasteiger partial charge in [-0.15, -0.1) is 0 Å². The van der Waals surface area contributed by atoms with Crippen LogP contribution >= 0.6 is 0 Å². The highest BCUT2D eigenvalue weighted by molar-refractivity contribution is 6.00. The van der Waals surface area contributed by atoms with Crippen LogP contribution in [0.5, 0.6) is 0 Å². The molecule has 2 aliphatic heterocycles. The van der Waals surface area contributed by atoms with E-state index in [9.17, 15) is 18.4 Å². The smallest absolute Gasteiger partial charge is 0.232 e. The number of carbonyl (C=O) groups is 2. The van der Waals surface area contributed by atoms with E-state index in [1.54, 1.807) is 4.90 Å². The molecule has 1 atom stereocenters. The summed E-state index contributed by atoms with van der Waals surface area (Å²) in [4.78, 5) is 28.2. The Balaban J connectivity index is 1.58. The minimum atomic E-state index is -0.939. The summed E-state index contributed by atoms with van der Waals surface area (Å²) in [5.41, 5.74) is 1.12. The predicted octanol–water partition coefficient (Wildman–Crippen LogP) is 2.25. The van der Waals surface area contributed by atoms with E-state index in [-0.39, 0.29) is 24.2 Å². The molecule has 1 aromatic carbocycles. The topological polar surface area (TPSA) is 40.6 Å².